The molecule has 1 aromatic heterocycles. The first-order valence-electron chi connectivity index (χ1n) is 12.2. The zero-order valence-corrected chi connectivity index (χ0v) is 20.9. The first-order chi connectivity index (χ1) is 17.1. The molecule has 3 aromatic rings. The number of nitrogens with one attached hydrogen (secondary N) is 1. The van der Waals surface area contributed by atoms with Gasteiger partial charge >= 0.3 is 0 Å². The average molecular weight is 478 g/mol. The fraction of sp³-hybridized carbons (Fsp3) is 0.407. The number of ether oxygens (including phenoxy) is 2. The van der Waals surface area contributed by atoms with Gasteiger partial charge in [0.15, 0.2) is 17.2 Å². The van der Waals surface area contributed by atoms with E-state index in [2.05, 4.69) is 27.3 Å². The summed E-state index contributed by atoms with van der Waals surface area (Å²) in [6.07, 6.45) is 3.88. The Kier molecular flexibility index (Phi) is 8.39. The van der Waals surface area contributed by atoms with Gasteiger partial charge in [-0.2, -0.15) is 5.10 Å². The summed E-state index contributed by atoms with van der Waals surface area (Å²) < 4.78 is 12.6. The van der Waals surface area contributed by atoms with E-state index in [-0.39, 0.29) is 5.91 Å². The van der Waals surface area contributed by atoms with Gasteiger partial charge in [-0.1, -0.05) is 24.3 Å². The number of amides is 1. The lowest BCUT2D eigenvalue weighted by molar-refractivity contribution is 0.0947. The summed E-state index contributed by atoms with van der Waals surface area (Å²) in [6.45, 7) is 6.18. The topological polar surface area (TPSA) is 71.9 Å². The highest BCUT2D eigenvalue weighted by Gasteiger charge is 2.20. The Labute approximate surface area is 207 Å². The van der Waals surface area contributed by atoms with Crippen LogP contribution in [0.5, 0.6) is 11.5 Å². The van der Waals surface area contributed by atoms with Crippen LogP contribution >= 0.6 is 0 Å². The van der Waals surface area contributed by atoms with Crippen molar-refractivity contribution in [2.75, 3.05) is 60.5 Å². The minimum Gasteiger partial charge on any atom is -0.493 e. The monoisotopic (exact) mass is 477 g/mol. The van der Waals surface area contributed by atoms with E-state index in [1.807, 2.05) is 54.7 Å². The van der Waals surface area contributed by atoms with Crippen LogP contribution in [-0.2, 0) is 0 Å². The highest BCUT2D eigenvalue weighted by molar-refractivity contribution is 5.99. The number of nitrogens with zero attached hydrogens (tertiary/aromatic N) is 4. The second-order valence-electron chi connectivity index (χ2n) is 8.85. The van der Waals surface area contributed by atoms with Gasteiger partial charge in [-0.15, -0.1) is 0 Å². The molecule has 186 valence electrons. The average Bonchev–Trinajstić information content (AvgIpc) is 3.35. The third-order valence-electron chi connectivity index (χ3n) is 6.43. The summed E-state index contributed by atoms with van der Waals surface area (Å²) in [4.78, 5) is 18.1. The Hall–Kier alpha value is -3.36. The molecule has 35 heavy (non-hydrogen) atoms. The molecule has 0 radical (unpaired) electrons. The fourth-order valence-corrected chi connectivity index (χ4v) is 4.29. The lowest BCUT2D eigenvalue weighted by Gasteiger charge is -2.32. The highest BCUT2D eigenvalue weighted by Crippen LogP contribution is 2.34. The summed E-state index contributed by atoms with van der Waals surface area (Å²) in [6, 6.07) is 15.4. The van der Waals surface area contributed by atoms with E-state index in [0.29, 0.717) is 23.7 Å². The SMILES string of the molecule is COc1ccc(-c2cn(-c3ccccc3)nc2C(=O)NCCCCN2CCN(C)CC2)cc1OC. The summed E-state index contributed by atoms with van der Waals surface area (Å²) in [5, 5.41) is 7.73. The van der Waals surface area contributed by atoms with Crippen LogP contribution in [-0.4, -0.2) is 86.0 Å². The second kappa shape index (κ2) is 11.9. The van der Waals surface area contributed by atoms with E-state index in [1.54, 1.807) is 18.9 Å². The van der Waals surface area contributed by atoms with Crippen LogP contribution in [0.25, 0.3) is 16.8 Å². The lowest BCUT2D eigenvalue weighted by Crippen LogP contribution is -2.44. The van der Waals surface area contributed by atoms with Crippen molar-refractivity contribution >= 4 is 5.91 Å². The van der Waals surface area contributed by atoms with E-state index in [9.17, 15) is 4.79 Å². The van der Waals surface area contributed by atoms with Crippen molar-refractivity contribution in [3.8, 4) is 28.3 Å². The number of aromatic nitrogens is 2. The molecule has 0 atom stereocenters. The van der Waals surface area contributed by atoms with Crippen molar-refractivity contribution in [1.82, 2.24) is 24.9 Å². The number of carbonyl (C=O) groups is 1. The maximum atomic E-state index is 13.2. The lowest BCUT2D eigenvalue weighted by atomic mass is 10.1. The molecule has 2 aromatic carbocycles. The van der Waals surface area contributed by atoms with Crippen molar-refractivity contribution in [3.05, 3.63) is 60.4 Å². The number of methoxy groups -OCH3 is 2. The molecule has 0 saturated carbocycles. The molecule has 1 aliphatic rings. The first kappa shape index (κ1) is 24.8. The van der Waals surface area contributed by atoms with Gasteiger partial charge in [0.05, 0.1) is 19.9 Å². The number of hydrogen-bond acceptors (Lipinski definition) is 6. The van der Waals surface area contributed by atoms with Gasteiger partial charge in [0.25, 0.3) is 5.91 Å². The number of carbonyl (C=O) groups excluding carboxylic acids is 1. The van der Waals surface area contributed by atoms with Crippen molar-refractivity contribution in [2.45, 2.75) is 12.8 Å². The maximum Gasteiger partial charge on any atom is 0.272 e. The molecule has 0 unspecified atom stereocenters. The quantitative estimate of drug-likeness (QED) is 0.452. The van der Waals surface area contributed by atoms with Crippen LogP contribution in [0.2, 0.25) is 0 Å². The van der Waals surface area contributed by atoms with Crippen LogP contribution in [0.15, 0.2) is 54.7 Å². The number of para-hydroxylation sites is 1. The van der Waals surface area contributed by atoms with Crippen LogP contribution in [0.3, 0.4) is 0 Å². The molecular formula is C27H35N5O3. The van der Waals surface area contributed by atoms with Gasteiger partial charge in [-0.25, -0.2) is 4.68 Å². The first-order valence-corrected chi connectivity index (χ1v) is 12.2. The molecule has 1 fully saturated rings. The minimum absolute atomic E-state index is 0.177. The van der Waals surface area contributed by atoms with Crippen LogP contribution in [0, 0.1) is 0 Å². The smallest absolute Gasteiger partial charge is 0.272 e. The van der Waals surface area contributed by atoms with Gasteiger partial charge < -0.3 is 24.6 Å². The molecule has 1 saturated heterocycles. The molecular weight excluding hydrogens is 442 g/mol. The Morgan fingerprint density at radius 3 is 2.43 bits per heavy atom. The zero-order chi connectivity index (χ0) is 24.6. The fourth-order valence-electron chi connectivity index (χ4n) is 4.29. The van der Waals surface area contributed by atoms with E-state index in [0.717, 1.165) is 62.4 Å². The van der Waals surface area contributed by atoms with E-state index in [1.165, 1.54) is 0 Å². The number of hydrogen-bond donors (Lipinski definition) is 1. The molecule has 0 aliphatic carbocycles. The van der Waals surface area contributed by atoms with Crippen molar-refractivity contribution in [1.29, 1.82) is 0 Å². The van der Waals surface area contributed by atoms with Crippen molar-refractivity contribution in [2.24, 2.45) is 0 Å². The van der Waals surface area contributed by atoms with Crippen LogP contribution in [0.4, 0.5) is 0 Å². The summed E-state index contributed by atoms with van der Waals surface area (Å²) in [5.74, 6) is 1.06. The molecule has 0 bridgehead atoms. The number of rotatable bonds is 10. The summed E-state index contributed by atoms with van der Waals surface area (Å²) in [5.41, 5.74) is 2.86. The predicted molar refractivity (Wildman–Crippen MR) is 138 cm³/mol. The van der Waals surface area contributed by atoms with Crippen molar-refractivity contribution < 1.29 is 14.3 Å². The number of piperazine rings is 1. The van der Waals surface area contributed by atoms with E-state index >= 15 is 0 Å². The van der Waals surface area contributed by atoms with Crippen LogP contribution in [0.1, 0.15) is 23.3 Å². The largest absolute Gasteiger partial charge is 0.493 e. The van der Waals surface area contributed by atoms with E-state index < -0.39 is 0 Å². The maximum absolute atomic E-state index is 13.2. The Morgan fingerprint density at radius 2 is 1.71 bits per heavy atom. The van der Waals surface area contributed by atoms with E-state index in [4.69, 9.17) is 9.47 Å². The molecule has 2 heterocycles. The highest BCUT2D eigenvalue weighted by atomic mass is 16.5. The molecule has 1 amide bonds. The van der Waals surface area contributed by atoms with Gasteiger partial charge in [-0.3, -0.25) is 4.79 Å². The summed E-state index contributed by atoms with van der Waals surface area (Å²) in [7, 11) is 5.38. The number of likely N-dealkylation sites (N-methyl/N-ethyl adjacent to an activating group) is 1. The standard InChI is InChI=1S/C27H35N5O3/c1-30-15-17-31(18-16-30)14-8-7-13-28-27(33)26-23(20-32(29-26)22-9-5-4-6-10-22)21-11-12-24(34-2)25(19-21)35-3/h4-6,9-12,19-20H,7-8,13-18H2,1-3H3,(H,28,33). The number of unbranched alkanes of at least 4 members (excludes halogenated alkanes) is 1. The molecule has 4 rings (SSSR count). The Morgan fingerprint density at radius 1 is 0.971 bits per heavy atom. The number of benzene rings is 2. The van der Waals surface area contributed by atoms with Crippen LogP contribution < -0.4 is 14.8 Å². The molecule has 1 N–H and O–H groups in total. The molecule has 8 heteroatoms. The van der Waals surface area contributed by atoms with Gasteiger partial charge in [0.1, 0.15) is 0 Å². The second-order valence-corrected chi connectivity index (χ2v) is 8.85. The summed E-state index contributed by atoms with van der Waals surface area (Å²) >= 11 is 0. The third-order valence-corrected chi connectivity index (χ3v) is 6.43. The molecule has 8 nitrogen and oxygen atoms in total. The normalized spacial score (nSPS) is 14.6. The predicted octanol–water partition coefficient (Wildman–Crippen LogP) is 3.31. The molecule has 0 spiro atoms. The van der Waals surface area contributed by atoms with Gasteiger partial charge in [0.2, 0.25) is 0 Å². The zero-order valence-electron chi connectivity index (χ0n) is 20.9. The van der Waals surface area contributed by atoms with Crippen molar-refractivity contribution in [3.63, 3.8) is 0 Å². The minimum atomic E-state index is -0.177. The molecule has 1 aliphatic heterocycles. The van der Waals surface area contributed by atoms with Gasteiger partial charge in [0, 0.05) is 44.5 Å². The Balaban J connectivity index is 1.46. The van der Waals surface area contributed by atoms with Gasteiger partial charge in [-0.05, 0) is 56.3 Å². The Bertz CT molecular complexity index is 1110. The third kappa shape index (κ3) is 6.21.